The molecule has 2 fully saturated rings. The first-order valence-electron chi connectivity index (χ1n) is 7.57. The fraction of sp³-hybridized carbons (Fsp3) is 0.938. The zero-order valence-corrected chi connectivity index (χ0v) is 12.6. The van der Waals surface area contributed by atoms with Crippen molar-refractivity contribution >= 4 is 5.97 Å². The Morgan fingerprint density at radius 2 is 1.89 bits per heavy atom. The fourth-order valence-corrected chi connectivity index (χ4v) is 4.17. The Morgan fingerprint density at radius 3 is 2.28 bits per heavy atom. The molecule has 104 valence electrons. The van der Waals surface area contributed by atoms with Crippen LogP contribution in [0.4, 0.5) is 0 Å². The third kappa shape index (κ3) is 1.80. The van der Waals surface area contributed by atoms with Gasteiger partial charge in [-0.2, -0.15) is 0 Å². The Kier molecular flexibility index (Phi) is 3.50. The SMILES string of the molecule is CCC(CC)C(=O)OC1CC2CCC1(C)C2(C)C. The van der Waals surface area contributed by atoms with Crippen molar-refractivity contribution in [2.45, 2.75) is 72.8 Å². The lowest BCUT2D eigenvalue weighted by molar-refractivity contribution is -0.162. The normalized spacial score (nSPS) is 37.2. The second-order valence-electron chi connectivity index (χ2n) is 7.05. The number of rotatable bonds is 4. The minimum absolute atomic E-state index is 0.0366. The standard InChI is InChI=1S/C16H28O2/c1-6-11(7-2)14(17)18-13-10-12-8-9-16(13,5)15(12,3)4/h11-13H,6-10H2,1-5H3. The molecule has 0 radical (unpaired) electrons. The van der Waals surface area contributed by atoms with Gasteiger partial charge in [0, 0.05) is 5.41 Å². The third-order valence-corrected chi connectivity index (χ3v) is 6.29. The summed E-state index contributed by atoms with van der Waals surface area (Å²) in [6.07, 6.45) is 5.54. The molecule has 0 aliphatic heterocycles. The van der Waals surface area contributed by atoms with Crippen LogP contribution in [-0.2, 0) is 9.53 Å². The number of ether oxygens (including phenoxy) is 1. The topological polar surface area (TPSA) is 26.3 Å². The van der Waals surface area contributed by atoms with Gasteiger partial charge in [0.25, 0.3) is 0 Å². The van der Waals surface area contributed by atoms with Gasteiger partial charge in [-0.15, -0.1) is 0 Å². The Balaban J connectivity index is 2.07. The van der Waals surface area contributed by atoms with Crippen LogP contribution >= 0.6 is 0 Å². The molecular weight excluding hydrogens is 224 g/mol. The summed E-state index contributed by atoms with van der Waals surface area (Å²) in [5.74, 6) is 0.868. The Morgan fingerprint density at radius 1 is 1.28 bits per heavy atom. The molecule has 2 aliphatic rings. The summed E-state index contributed by atoms with van der Waals surface area (Å²) < 4.78 is 5.89. The average molecular weight is 252 g/mol. The monoisotopic (exact) mass is 252 g/mol. The second kappa shape index (κ2) is 4.54. The predicted octanol–water partition coefficient (Wildman–Crippen LogP) is 4.18. The van der Waals surface area contributed by atoms with E-state index in [2.05, 4.69) is 34.6 Å². The minimum Gasteiger partial charge on any atom is -0.462 e. The number of fused-ring (bicyclic) bond motifs is 2. The van der Waals surface area contributed by atoms with E-state index in [4.69, 9.17) is 4.74 Å². The van der Waals surface area contributed by atoms with Crippen LogP contribution in [0.1, 0.15) is 66.7 Å². The van der Waals surface area contributed by atoms with Gasteiger partial charge >= 0.3 is 5.97 Å². The minimum atomic E-state index is 0.0366. The Bertz CT molecular complexity index is 330. The summed E-state index contributed by atoms with van der Waals surface area (Å²) in [5, 5.41) is 0. The van der Waals surface area contributed by atoms with E-state index in [1.54, 1.807) is 0 Å². The first-order valence-corrected chi connectivity index (χ1v) is 7.57. The highest BCUT2D eigenvalue weighted by Gasteiger charge is 2.62. The number of hydrogen-bond acceptors (Lipinski definition) is 2. The molecule has 0 spiro atoms. The molecule has 0 N–H and O–H groups in total. The fourth-order valence-electron chi connectivity index (χ4n) is 4.17. The van der Waals surface area contributed by atoms with E-state index >= 15 is 0 Å². The molecule has 0 aromatic heterocycles. The van der Waals surface area contributed by atoms with E-state index in [0.717, 1.165) is 25.2 Å². The lowest BCUT2D eigenvalue weighted by Gasteiger charge is -2.38. The van der Waals surface area contributed by atoms with Crippen molar-refractivity contribution in [2.75, 3.05) is 0 Å². The van der Waals surface area contributed by atoms with Crippen LogP contribution < -0.4 is 0 Å². The molecule has 3 atom stereocenters. The van der Waals surface area contributed by atoms with Crippen molar-refractivity contribution < 1.29 is 9.53 Å². The first-order chi connectivity index (χ1) is 8.36. The highest BCUT2D eigenvalue weighted by Crippen LogP contribution is 2.66. The van der Waals surface area contributed by atoms with Gasteiger partial charge in [-0.05, 0) is 43.4 Å². The maximum absolute atomic E-state index is 12.2. The molecule has 2 heteroatoms. The molecule has 2 saturated carbocycles. The molecule has 3 unspecified atom stereocenters. The quantitative estimate of drug-likeness (QED) is 0.702. The smallest absolute Gasteiger partial charge is 0.309 e. The molecule has 0 aromatic carbocycles. The molecule has 0 amide bonds. The van der Waals surface area contributed by atoms with Crippen molar-refractivity contribution in [1.29, 1.82) is 0 Å². The van der Waals surface area contributed by atoms with E-state index in [0.29, 0.717) is 5.41 Å². The Hall–Kier alpha value is -0.530. The largest absolute Gasteiger partial charge is 0.462 e. The van der Waals surface area contributed by atoms with Crippen molar-refractivity contribution in [3.63, 3.8) is 0 Å². The number of esters is 1. The molecule has 2 nitrogen and oxygen atoms in total. The molecule has 2 rings (SSSR count). The van der Waals surface area contributed by atoms with Gasteiger partial charge in [-0.3, -0.25) is 4.79 Å². The van der Waals surface area contributed by atoms with Gasteiger partial charge < -0.3 is 4.74 Å². The summed E-state index contributed by atoms with van der Waals surface area (Å²) in [6, 6.07) is 0. The molecular formula is C16H28O2. The summed E-state index contributed by atoms with van der Waals surface area (Å²) in [5.41, 5.74) is 0.519. The molecule has 2 bridgehead atoms. The van der Waals surface area contributed by atoms with E-state index in [1.165, 1.54) is 12.8 Å². The highest BCUT2D eigenvalue weighted by atomic mass is 16.5. The third-order valence-electron chi connectivity index (χ3n) is 6.29. The van der Waals surface area contributed by atoms with Crippen LogP contribution in [0, 0.1) is 22.7 Å². The van der Waals surface area contributed by atoms with Crippen LogP contribution in [0.3, 0.4) is 0 Å². The van der Waals surface area contributed by atoms with Crippen LogP contribution in [0.25, 0.3) is 0 Å². The summed E-state index contributed by atoms with van der Waals surface area (Å²) in [4.78, 5) is 12.2. The first kappa shape index (κ1) is 13.9. The maximum Gasteiger partial charge on any atom is 0.309 e. The zero-order valence-electron chi connectivity index (χ0n) is 12.6. The molecule has 2 aliphatic carbocycles. The van der Waals surface area contributed by atoms with E-state index in [1.807, 2.05) is 0 Å². The summed E-state index contributed by atoms with van der Waals surface area (Å²) in [6.45, 7) is 11.2. The lowest BCUT2D eigenvalue weighted by Crippen LogP contribution is -2.39. The van der Waals surface area contributed by atoms with E-state index < -0.39 is 0 Å². The van der Waals surface area contributed by atoms with Crippen molar-refractivity contribution in [3.05, 3.63) is 0 Å². The van der Waals surface area contributed by atoms with Crippen LogP contribution in [0.5, 0.6) is 0 Å². The molecule has 0 heterocycles. The second-order valence-corrected chi connectivity index (χ2v) is 7.05. The van der Waals surface area contributed by atoms with E-state index in [-0.39, 0.29) is 23.4 Å². The maximum atomic E-state index is 12.2. The molecule has 0 aromatic rings. The number of carbonyl (C=O) groups is 1. The van der Waals surface area contributed by atoms with Crippen LogP contribution in [0.2, 0.25) is 0 Å². The highest BCUT2D eigenvalue weighted by molar-refractivity contribution is 5.72. The molecule has 0 saturated heterocycles. The predicted molar refractivity (Wildman–Crippen MR) is 73.2 cm³/mol. The van der Waals surface area contributed by atoms with Crippen molar-refractivity contribution in [2.24, 2.45) is 22.7 Å². The van der Waals surface area contributed by atoms with E-state index in [9.17, 15) is 4.79 Å². The average Bonchev–Trinajstić information content (AvgIpc) is 2.63. The van der Waals surface area contributed by atoms with Crippen molar-refractivity contribution in [3.8, 4) is 0 Å². The van der Waals surface area contributed by atoms with Gasteiger partial charge in [0.05, 0.1) is 5.92 Å². The van der Waals surface area contributed by atoms with Crippen molar-refractivity contribution in [1.82, 2.24) is 0 Å². The van der Waals surface area contributed by atoms with Gasteiger partial charge in [0.2, 0.25) is 0 Å². The van der Waals surface area contributed by atoms with Gasteiger partial charge in [-0.25, -0.2) is 0 Å². The summed E-state index contributed by atoms with van der Waals surface area (Å²) in [7, 11) is 0. The summed E-state index contributed by atoms with van der Waals surface area (Å²) >= 11 is 0. The Labute approximate surface area is 111 Å². The lowest BCUT2D eigenvalue weighted by atomic mass is 9.70. The van der Waals surface area contributed by atoms with Gasteiger partial charge in [0.15, 0.2) is 0 Å². The number of carbonyl (C=O) groups excluding carboxylic acids is 1. The van der Waals surface area contributed by atoms with Crippen LogP contribution in [0.15, 0.2) is 0 Å². The van der Waals surface area contributed by atoms with Gasteiger partial charge in [0.1, 0.15) is 6.10 Å². The number of hydrogen-bond donors (Lipinski definition) is 0. The molecule has 18 heavy (non-hydrogen) atoms. The van der Waals surface area contributed by atoms with Crippen LogP contribution in [-0.4, -0.2) is 12.1 Å². The zero-order chi connectivity index (χ0) is 13.6. The van der Waals surface area contributed by atoms with Gasteiger partial charge in [-0.1, -0.05) is 34.6 Å².